The van der Waals surface area contributed by atoms with Gasteiger partial charge in [0.2, 0.25) is 5.43 Å². The van der Waals surface area contributed by atoms with Crippen LogP contribution in [0.25, 0.3) is 10.9 Å². The van der Waals surface area contributed by atoms with E-state index in [0.717, 1.165) is 10.8 Å². The van der Waals surface area contributed by atoms with Crippen molar-refractivity contribution in [2.45, 2.75) is 26.2 Å². The number of pyridine rings is 1. The summed E-state index contributed by atoms with van der Waals surface area (Å²) in [6, 6.07) is -0.239. The van der Waals surface area contributed by atoms with Gasteiger partial charge in [0.05, 0.1) is 23.6 Å². The molecule has 1 aromatic heterocycles. The zero-order valence-corrected chi connectivity index (χ0v) is 14.6. The van der Waals surface area contributed by atoms with Crippen molar-refractivity contribution in [3.63, 3.8) is 0 Å². The lowest BCUT2D eigenvalue weighted by atomic mass is 10.1. The topological polar surface area (TPSA) is 66.8 Å². The molecule has 1 unspecified atom stereocenters. The van der Waals surface area contributed by atoms with E-state index in [4.69, 9.17) is 14.2 Å². The molecule has 2 rings (SSSR count). The number of hydrogen-bond acceptors (Lipinski definition) is 5. The number of fused-ring (bicyclic) bond motifs is 1. The van der Waals surface area contributed by atoms with Crippen LogP contribution in [-0.2, 0) is 14.2 Å². The maximum absolute atomic E-state index is 14.4. The number of carbonyl (C=O) groups is 1. The van der Waals surface area contributed by atoms with Crippen LogP contribution in [0.4, 0.5) is 13.2 Å². The van der Waals surface area contributed by atoms with E-state index < -0.39 is 57.6 Å². The van der Waals surface area contributed by atoms with E-state index in [1.54, 1.807) is 6.92 Å². The summed E-state index contributed by atoms with van der Waals surface area (Å²) in [6.45, 7) is 3.08. The lowest BCUT2D eigenvalue weighted by Gasteiger charge is -2.26. The van der Waals surface area contributed by atoms with Crippen LogP contribution in [0.1, 0.15) is 30.2 Å². The molecule has 2 aromatic rings. The zero-order valence-electron chi connectivity index (χ0n) is 14.6. The largest absolute Gasteiger partial charge is 0.462 e. The molecule has 0 aliphatic carbocycles. The number of methoxy groups -OCH3 is 2. The predicted molar refractivity (Wildman–Crippen MR) is 86.6 cm³/mol. The molecule has 9 heteroatoms. The summed E-state index contributed by atoms with van der Waals surface area (Å²) in [6.07, 6.45) is 0.113. The number of esters is 1. The first-order valence-electron chi connectivity index (χ1n) is 7.73. The van der Waals surface area contributed by atoms with Crippen molar-refractivity contribution >= 4 is 16.9 Å². The Morgan fingerprint density at radius 1 is 1.19 bits per heavy atom. The van der Waals surface area contributed by atoms with Gasteiger partial charge in [-0.15, -0.1) is 0 Å². The van der Waals surface area contributed by atoms with Crippen molar-refractivity contribution in [1.29, 1.82) is 0 Å². The van der Waals surface area contributed by atoms with Crippen LogP contribution in [-0.4, -0.2) is 37.7 Å². The highest BCUT2D eigenvalue weighted by Crippen LogP contribution is 2.26. The summed E-state index contributed by atoms with van der Waals surface area (Å²) in [5, 5.41) is -0.496. The first-order valence-corrected chi connectivity index (χ1v) is 7.73. The summed E-state index contributed by atoms with van der Waals surface area (Å²) in [5.41, 5.74) is -1.91. The molecule has 0 N–H and O–H groups in total. The average Bonchev–Trinajstić information content (AvgIpc) is 2.61. The predicted octanol–water partition coefficient (Wildman–Crippen LogP) is 2.78. The molecule has 0 fully saturated rings. The van der Waals surface area contributed by atoms with Gasteiger partial charge in [0.25, 0.3) is 0 Å². The van der Waals surface area contributed by atoms with Crippen molar-refractivity contribution in [1.82, 2.24) is 4.57 Å². The van der Waals surface area contributed by atoms with Crippen LogP contribution in [0.2, 0.25) is 0 Å². The molecule has 26 heavy (non-hydrogen) atoms. The second-order valence-corrected chi connectivity index (χ2v) is 5.46. The lowest BCUT2D eigenvalue weighted by Crippen LogP contribution is -2.29. The molecule has 1 heterocycles. The third-order valence-corrected chi connectivity index (χ3v) is 3.94. The molecule has 142 valence electrons. The Morgan fingerprint density at radius 3 is 2.35 bits per heavy atom. The highest BCUT2D eigenvalue weighted by Gasteiger charge is 2.27. The van der Waals surface area contributed by atoms with Crippen LogP contribution in [0.5, 0.6) is 0 Å². The van der Waals surface area contributed by atoms with Crippen molar-refractivity contribution < 1.29 is 32.2 Å². The normalized spacial score (nSPS) is 12.6. The summed E-state index contributed by atoms with van der Waals surface area (Å²) < 4.78 is 58.0. The fraction of sp³-hybridized carbons (Fsp3) is 0.412. The van der Waals surface area contributed by atoms with Crippen LogP contribution < -0.4 is 5.43 Å². The van der Waals surface area contributed by atoms with Gasteiger partial charge in [0.1, 0.15) is 5.56 Å². The van der Waals surface area contributed by atoms with E-state index in [9.17, 15) is 22.8 Å². The SMILES string of the molecule is CCOC(=O)c1cn(C(C)C(OC)OC)c2c(F)c(F)c(F)cc2c1=O. The fourth-order valence-corrected chi connectivity index (χ4v) is 2.72. The Labute approximate surface area is 147 Å². The van der Waals surface area contributed by atoms with Crippen molar-refractivity contribution in [3.8, 4) is 0 Å². The molecular weight excluding hydrogens is 355 g/mol. The van der Waals surface area contributed by atoms with Gasteiger partial charge in [0.15, 0.2) is 23.7 Å². The van der Waals surface area contributed by atoms with E-state index in [2.05, 4.69) is 0 Å². The number of aromatic nitrogens is 1. The number of ether oxygens (including phenoxy) is 3. The molecule has 1 aromatic carbocycles. The number of hydrogen-bond donors (Lipinski definition) is 0. The molecule has 0 aliphatic rings. The molecule has 6 nitrogen and oxygen atoms in total. The van der Waals surface area contributed by atoms with Crippen molar-refractivity contribution in [2.24, 2.45) is 0 Å². The maximum atomic E-state index is 14.4. The van der Waals surface area contributed by atoms with Gasteiger partial charge >= 0.3 is 5.97 Å². The summed E-state index contributed by atoms with van der Waals surface area (Å²) >= 11 is 0. The third-order valence-electron chi connectivity index (χ3n) is 3.94. The van der Waals surface area contributed by atoms with Gasteiger partial charge in [-0.3, -0.25) is 4.79 Å². The van der Waals surface area contributed by atoms with Crippen LogP contribution in [0, 0.1) is 17.5 Å². The van der Waals surface area contributed by atoms with E-state index in [-0.39, 0.29) is 6.61 Å². The monoisotopic (exact) mass is 373 g/mol. The van der Waals surface area contributed by atoms with Gasteiger partial charge in [-0.2, -0.15) is 0 Å². The number of carbonyl (C=O) groups excluding carboxylic acids is 1. The van der Waals surface area contributed by atoms with E-state index in [1.807, 2.05) is 0 Å². The highest BCUT2D eigenvalue weighted by molar-refractivity contribution is 5.94. The Balaban J connectivity index is 2.91. The Hall–Kier alpha value is -2.39. The first kappa shape index (κ1) is 19.9. The molecule has 0 spiro atoms. The molecular formula is C17H18F3NO5. The molecule has 0 saturated carbocycles. The smallest absolute Gasteiger partial charge is 0.343 e. The number of nitrogens with zero attached hydrogens (tertiary/aromatic N) is 1. The number of rotatable bonds is 6. The Kier molecular flexibility index (Phi) is 6.04. The lowest BCUT2D eigenvalue weighted by molar-refractivity contribution is -0.127. The van der Waals surface area contributed by atoms with E-state index in [0.29, 0.717) is 6.07 Å². The van der Waals surface area contributed by atoms with Gasteiger partial charge in [-0.05, 0) is 19.9 Å². The molecule has 0 saturated heterocycles. The molecule has 0 aliphatic heterocycles. The molecule has 0 radical (unpaired) electrons. The second-order valence-electron chi connectivity index (χ2n) is 5.46. The first-order chi connectivity index (χ1) is 12.3. The Morgan fingerprint density at radius 2 is 1.81 bits per heavy atom. The second kappa shape index (κ2) is 7.88. The Bertz CT molecular complexity index is 892. The standard InChI is InChI=1S/C17H18F3NO5/c1-5-26-16(23)10-7-21(8(2)17(24-3)25-4)14-9(15(10)22)6-11(18)12(19)13(14)20/h6-8,17H,5H2,1-4H3. The maximum Gasteiger partial charge on any atom is 0.343 e. The van der Waals surface area contributed by atoms with E-state index >= 15 is 0 Å². The van der Waals surface area contributed by atoms with Crippen molar-refractivity contribution in [3.05, 3.63) is 45.5 Å². The van der Waals surface area contributed by atoms with Crippen LogP contribution >= 0.6 is 0 Å². The minimum atomic E-state index is -1.73. The number of halogens is 3. The van der Waals surface area contributed by atoms with Gasteiger partial charge in [0, 0.05) is 20.4 Å². The van der Waals surface area contributed by atoms with Gasteiger partial charge in [-0.25, -0.2) is 18.0 Å². The zero-order chi connectivity index (χ0) is 19.6. The highest BCUT2D eigenvalue weighted by atomic mass is 19.2. The quantitative estimate of drug-likeness (QED) is 0.443. The third kappa shape index (κ3) is 3.32. The van der Waals surface area contributed by atoms with E-state index in [1.165, 1.54) is 21.1 Å². The van der Waals surface area contributed by atoms with Crippen LogP contribution in [0.15, 0.2) is 17.1 Å². The van der Waals surface area contributed by atoms with Gasteiger partial charge in [-0.1, -0.05) is 0 Å². The van der Waals surface area contributed by atoms with Gasteiger partial charge < -0.3 is 18.8 Å². The summed E-state index contributed by atoms with van der Waals surface area (Å²) in [7, 11) is 2.66. The molecule has 0 bridgehead atoms. The van der Waals surface area contributed by atoms with Crippen molar-refractivity contribution in [2.75, 3.05) is 20.8 Å². The summed E-state index contributed by atoms with van der Waals surface area (Å²) in [5.74, 6) is -5.78. The fourth-order valence-electron chi connectivity index (χ4n) is 2.72. The molecule has 1 atom stereocenters. The average molecular weight is 373 g/mol. The molecule has 0 amide bonds. The summed E-state index contributed by atoms with van der Waals surface area (Å²) in [4.78, 5) is 24.6. The number of benzene rings is 1. The minimum absolute atomic E-state index is 0.00320. The minimum Gasteiger partial charge on any atom is -0.462 e. The van der Waals surface area contributed by atoms with Crippen LogP contribution in [0.3, 0.4) is 0 Å².